The highest BCUT2D eigenvalue weighted by atomic mass is 16.6. The summed E-state index contributed by atoms with van der Waals surface area (Å²) in [6.07, 6.45) is 1.14. The fraction of sp³-hybridized carbons (Fsp3) is 0.483. The van der Waals surface area contributed by atoms with Crippen LogP contribution in [-0.2, 0) is 21.3 Å². The van der Waals surface area contributed by atoms with Crippen molar-refractivity contribution < 1.29 is 23.8 Å². The van der Waals surface area contributed by atoms with E-state index in [1.54, 1.807) is 20.5 Å². The number of fused-ring (bicyclic) bond motifs is 3. The van der Waals surface area contributed by atoms with Crippen molar-refractivity contribution in [3.8, 4) is 11.4 Å². The molecule has 4 heterocycles. The number of anilines is 1. The molecule has 220 valence electrons. The van der Waals surface area contributed by atoms with Gasteiger partial charge in [-0.05, 0) is 66.2 Å². The van der Waals surface area contributed by atoms with Crippen LogP contribution >= 0.6 is 0 Å². The number of hydrogen-bond donors (Lipinski definition) is 2. The Balaban J connectivity index is 1.73. The summed E-state index contributed by atoms with van der Waals surface area (Å²) in [7, 11) is 5.11. The molecule has 4 aromatic heterocycles. The molecule has 0 spiro atoms. The van der Waals surface area contributed by atoms with Crippen LogP contribution in [0.4, 0.5) is 15.4 Å². The minimum atomic E-state index is -0.658. The van der Waals surface area contributed by atoms with Gasteiger partial charge in [-0.25, -0.2) is 24.5 Å². The number of pyridine rings is 2. The van der Waals surface area contributed by atoms with Crippen LogP contribution < -0.4 is 10.2 Å². The van der Waals surface area contributed by atoms with Crippen LogP contribution in [0.15, 0.2) is 30.6 Å². The zero-order valence-corrected chi connectivity index (χ0v) is 25.2. The van der Waals surface area contributed by atoms with E-state index in [9.17, 15) is 9.59 Å². The van der Waals surface area contributed by atoms with Gasteiger partial charge in [-0.3, -0.25) is 4.90 Å². The smallest absolute Gasteiger partial charge is 0.415 e. The van der Waals surface area contributed by atoms with E-state index in [4.69, 9.17) is 24.2 Å². The van der Waals surface area contributed by atoms with Crippen molar-refractivity contribution in [3.63, 3.8) is 0 Å². The number of methoxy groups -OCH3 is 1. The van der Waals surface area contributed by atoms with Gasteiger partial charge in [0.25, 0.3) is 0 Å². The minimum absolute atomic E-state index is 0.374. The Hall–Kier alpha value is -4.19. The number of nitrogens with zero attached hydrogens (tertiary/aromatic N) is 5. The van der Waals surface area contributed by atoms with Gasteiger partial charge in [0.05, 0.1) is 35.0 Å². The topological polar surface area (TPSA) is 136 Å². The summed E-state index contributed by atoms with van der Waals surface area (Å²) in [5.74, 6) is 0.374. The number of aromatic nitrogens is 5. The van der Waals surface area contributed by atoms with Gasteiger partial charge < -0.3 is 29.1 Å². The van der Waals surface area contributed by atoms with Crippen molar-refractivity contribution in [2.75, 3.05) is 25.7 Å². The molecule has 0 aliphatic rings. The molecular weight excluding hydrogens is 526 g/mol. The van der Waals surface area contributed by atoms with Crippen molar-refractivity contribution in [1.29, 1.82) is 0 Å². The summed E-state index contributed by atoms with van der Waals surface area (Å²) >= 11 is 0. The molecule has 4 aromatic rings. The molecule has 4 rings (SSSR count). The lowest BCUT2D eigenvalue weighted by Crippen LogP contribution is -2.35. The fourth-order valence-corrected chi connectivity index (χ4v) is 4.35. The molecular formula is C29H39N7O5. The second-order valence-electron chi connectivity index (χ2n) is 11.9. The van der Waals surface area contributed by atoms with E-state index >= 15 is 0 Å². The summed E-state index contributed by atoms with van der Waals surface area (Å²) < 4.78 is 18.2. The Morgan fingerprint density at radius 1 is 1.10 bits per heavy atom. The van der Waals surface area contributed by atoms with Crippen molar-refractivity contribution in [1.82, 2.24) is 29.8 Å². The second kappa shape index (κ2) is 11.4. The predicted molar refractivity (Wildman–Crippen MR) is 157 cm³/mol. The number of rotatable bonds is 7. The number of imidazole rings is 1. The van der Waals surface area contributed by atoms with Gasteiger partial charge >= 0.3 is 12.2 Å². The molecule has 1 atom stereocenters. The Morgan fingerprint density at radius 3 is 2.46 bits per heavy atom. The number of hydrogen-bond acceptors (Lipinski definition) is 8. The number of aryl methyl sites for hydroxylation is 1. The van der Waals surface area contributed by atoms with Gasteiger partial charge in [-0.15, -0.1) is 0 Å². The van der Waals surface area contributed by atoms with Crippen LogP contribution in [0.3, 0.4) is 0 Å². The first-order valence-corrected chi connectivity index (χ1v) is 13.4. The molecule has 12 heteroatoms. The lowest BCUT2D eigenvalue weighted by molar-refractivity contribution is 0.0489. The molecule has 0 saturated carbocycles. The zero-order valence-electron chi connectivity index (χ0n) is 25.2. The Labute approximate surface area is 239 Å². The number of alkyl carbamates (subject to hydrolysis) is 1. The lowest BCUT2D eigenvalue weighted by Gasteiger charge is -2.24. The van der Waals surface area contributed by atoms with Gasteiger partial charge in [0.15, 0.2) is 5.82 Å². The molecule has 0 radical (unpaired) electrons. The van der Waals surface area contributed by atoms with Crippen LogP contribution in [0, 0.1) is 0 Å². The highest BCUT2D eigenvalue weighted by Gasteiger charge is 2.26. The maximum absolute atomic E-state index is 12.9. The Morgan fingerprint density at radius 2 is 1.80 bits per heavy atom. The van der Waals surface area contributed by atoms with E-state index in [1.165, 1.54) is 4.90 Å². The van der Waals surface area contributed by atoms with Gasteiger partial charge in [0, 0.05) is 33.2 Å². The van der Waals surface area contributed by atoms with Crippen molar-refractivity contribution in [2.45, 2.75) is 65.2 Å². The Bertz CT molecular complexity index is 1560. The maximum Gasteiger partial charge on any atom is 0.415 e. The molecule has 2 amide bonds. The average molecular weight is 566 g/mol. The molecule has 0 aromatic carbocycles. The summed E-state index contributed by atoms with van der Waals surface area (Å²) in [5, 5.41) is 3.74. The van der Waals surface area contributed by atoms with E-state index in [0.717, 1.165) is 16.6 Å². The molecule has 0 aliphatic heterocycles. The van der Waals surface area contributed by atoms with Gasteiger partial charge in [-0.2, -0.15) is 0 Å². The first kappa shape index (κ1) is 29.8. The Kier molecular flexibility index (Phi) is 8.25. The SMILES string of the molecule is COCC[C@H](NC(=O)OC(C)(C)C)c1cccc(-c2cc3c(nc(N(C)C(=O)OC(C)(C)C)c4ncn(C)c43)[nH]2)n1. The zero-order chi connectivity index (χ0) is 30.1. The molecule has 2 N–H and O–H groups in total. The summed E-state index contributed by atoms with van der Waals surface area (Å²) in [4.78, 5) is 44.3. The number of ether oxygens (including phenoxy) is 3. The highest BCUT2D eigenvalue weighted by Crippen LogP contribution is 2.33. The predicted octanol–water partition coefficient (Wildman–Crippen LogP) is 5.49. The molecule has 41 heavy (non-hydrogen) atoms. The van der Waals surface area contributed by atoms with Crippen LogP contribution in [0.25, 0.3) is 33.5 Å². The van der Waals surface area contributed by atoms with Crippen LogP contribution in [0.2, 0.25) is 0 Å². The van der Waals surface area contributed by atoms with Crippen LogP contribution in [0.1, 0.15) is 59.7 Å². The monoisotopic (exact) mass is 565 g/mol. The van der Waals surface area contributed by atoms with Crippen molar-refractivity contribution >= 4 is 40.1 Å². The van der Waals surface area contributed by atoms with Crippen LogP contribution in [-0.4, -0.2) is 68.7 Å². The third kappa shape index (κ3) is 6.94. The summed E-state index contributed by atoms with van der Waals surface area (Å²) in [5.41, 5.74) is 2.70. The molecule has 0 aliphatic carbocycles. The number of carbonyl (C=O) groups is 2. The maximum atomic E-state index is 12.9. The largest absolute Gasteiger partial charge is 0.444 e. The lowest BCUT2D eigenvalue weighted by atomic mass is 10.1. The number of carbonyl (C=O) groups excluding carboxylic acids is 2. The van der Waals surface area contributed by atoms with E-state index in [0.29, 0.717) is 41.4 Å². The molecule has 0 fully saturated rings. The third-order valence-corrected chi connectivity index (χ3v) is 6.11. The second-order valence-corrected chi connectivity index (χ2v) is 11.9. The number of nitrogens with one attached hydrogen (secondary N) is 2. The van der Waals surface area contributed by atoms with Crippen molar-refractivity contribution in [2.24, 2.45) is 7.05 Å². The third-order valence-electron chi connectivity index (χ3n) is 6.11. The highest BCUT2D eigenvalue weighted by molar-refractivity contribution is 6.09. The molecule has 0 unspecified atom stereocenters. The molecule has 12 nitrogen and oxygen atoms in total. The van der Waals surface area contributed by atoms with E-state index in [1.807, 2.05) is 77.4 Å². The number of H-pyrrole nitrogens is 1. The first-order chi connectivity index (χ1) is 19.2. The average Bonchev–Trinajstić information content (AvgIpc) is 3.47. The first-order valence-electron chi connectivity index (χ1n) is 13.4. The normalized spacial score (nSPS) is 12.9. The van der Waals surface area contributed by atoms with Gasteiger partial charge in [-0.1, -0.05) is 6.07 Å². The molecule has 0 bridgehead atoms. The van der Waals surface area contributed by atoms with Gasteiger partial charge in [0.2, 0.25) is 0 Å². The van der Waals surface area contributed by atoms with Gasteiger partial charge in [0.1, 0.15) is 22.4 Å². The number of aromatic amines is 1. The summed E-state index contributed by atoms with van der Waals surface area (Å²) in [6.45, 7) is 11.3. The minimum Gasteiger partial charge on any atom is -0.444 e. The quantitative estimate of drug-likeness (QED) is 0.300. The van der Waals surface area contributed by atoms with E-state index < -0.39 is 29.4 Å². The molecule has 0 saturated heterocycles. The van der Waals surface area contributed by atoms with Crippen LogP contribution in [0.5, 0.6) is 0 Å². The summed E-state index contributed by atoms with van der Waals surface area (Å²) in [6, 6.07) is 7.15. The standard InChI is InChI=1S/C29H39N7O5/c1-28(2,3)40-26(37)33-20(13-14-39-9)18-11-10-12-19(31-18)21-15-17-23-22(30-16-35(23)7)25(34-24(17)32-21)36(8)27(38)41-29(4,5)6/h10-12,15-16,20H,13-14H2,1-9H3,(H,32,34)(H,33,37)/t20-/m0/s1. The van der Waals surface area contributed by atoms with E-state index in [2.05, 4.69) is 15.3 Å². The van der Waals surface area contributed by atoms with E-state index in [-0.39, 0.29) is 0 Å². The number of amides is 2. The van der Waals surface area contributed by atoms with Crippen molar-refractivity contribution in [3.05, 3.63) is 36.3 Å². The fourth-order valence-electron chi connectivity index (χ4n) is 4.35.